The highest BCUT2D eigenvalue weighted by Crippen LogP contribution is 2.23. The summed E-state index contributed by atoms with van der Waals surface area (Å²) in [7, 11) is 0. The van der Waals surface area contributed by atoms with Crippen molar-refractivity contribution in [2.75, 3.05) is 5.43 Å². The highest BCUT2D eigenvalue weighted by atomic mass is 35.5. The molecule has 0 saturated carbocycles. The van der Waals surface area contributed by atoms with Gasteiger partial charge in [-0.1, -0.05) is 47.0 Å². The lowest BCUT2D eigenvalue weighted by atomic mass is 10.1. The quantitative estimate of drug-likeness (QED) is 0.263. The lowest BCUT2D eigenvalue weighted by Crippen LogP contribution is -2.05. The molecule has 2 heterocycles. The van der Waals surface area contributed by atoms with E-state index in [-0.39, 0.29) is 12.6 Å². The van der Waals surface area contributed by atoms with Gasteiger partial charge in [0, 0.05) is 16.1 Å². The van der Waals surface area contributed by atoms with E-state index in [0.29, 0.717) is 22.1 Å². The van der Waals surface area contributed by atoms with Gasteiger partial charge >= 0.3 is 5.97 Å². The van der Waals surface area contributed by atoms with Crippen LogP contribution in [0.1, 0.15) is 21.7 Å². The van der Waals surface area contributed by atoms with Crippen molar-refractivity contribution in [3.8, 4) is 11.3 Å². The Morgan fingerprint density at radius 2 is 2.00 bits per heavy atom. The van der Waals surface area contributed by atoms with Crippen molar-refractivity contribution in [2.45, 2.75) is 6.61 Å². The van der Waals surface area contributed by atoms with Gasteiger partial charge in [0.25, 0.3) is 5.95 Å². The molecule has 0 unspecified atom stereocenters. The van der Waals surface area contributed by atoms with Gasteiger partial charge in [-0.05, 0) is 35.5 Å². The summed E-state index contributed by atoms with van der Waals surface area (Å²) in [6.45, 7) is 0.110. The largest absolute Gasteiger partial charge is 0.457 e. The maximum Gasteiger partial charge on any atom is 0.338 e. The number of furan rings is 1. The van der Waals surface area contributed by atoms with Crippen LogP contribution in [-0.2, 0) is 11.3 Å². The number of nitrogens with one attached hydrogen (secondary N) is 2. The number of aromatic nitrogens is 4. The van der Waals surface area contributed by atoms with Crippen molar-refractivity contribution < 1.29 is 13.9 Å². The molecule has 0 aliphatic rings. The van der Waals surface area contributed by atoms with Crippen LogP contribution < -0.4 is 5.43 Å². The van der Waals surface area contributed by atoms with Crippen molar-refractivity contribution >= 4 is 29.7 Å². The molecule has 2 aromatic heterocycles. The van der Waals surface area contributed by atoms with Crippen molar-refractivity contribution in [1.82, 2.24) is 20.6 Å². The van der Waals surface area contributed by atoms with Crippen LogP contribution in [-0.4, -0.2) is 32.8 Å². The number of nitrogens with zero attached hydrogens (tertiary/aromatic N) is 4. The second-order valence-electron chi connectivity index (χ2n) is 6.05. The Kier molecular flexibility index (Phi) is 5.81. The molecule has 9 nitrogen and oxygen atoms in total. The first kappa shape index (κ1) is 19.3. The van der Waals surface area contributed by atoms with Crippen LogP contribution >= 0.6 is 11.6 Å². The Balaban J connectivity index is 1.36. The van der Waals surface area contributed by atoms with Crippen LogP contribution in [0.3, 0.4) is 0 Å². The Morgan fingerprint density at radius 1 is 1.17 bits per heavy atom. The van der Waals surface area contributed by atoms with Gasteiger partial charge in [0.15, 0.2) is 0 Å². The average Bonchev–Trinajstić information content (AvgIpc) is 3.46. The van der Waals surface area contributed by atoms with Gasteiger partial charge in [0.2, 0.25) is 0 Å². The Bertz CT molecular complexity index is 1160. The van der Waals surface area contributed by atoms with Crippen LogP contribution in [0, 0.1) is 0 Å². The summed E-state index contributed by atoms with van der Waals surface area (Å²) in [5.41, 5.74) is 4.60. The number of H-pyrrole nitrogens is 1. The van der Waals surface area contributed by atoms with Crippen molar-refractivity contribution in [3.63, 3.8) is 0 Å². The summed E-state index contributed by atoms with van der Waals surface area (Å²) in [4.78, 5) is 12.3. The van der Waals surface area contributed by atoms with Crippen LogP contribution in [0.5, 0.6) is 0 Å². The zero-order valence-electron chi connectivity index (χ0n) is 15.4. The molecule has 2 aromatic carbocycles. The third kappa shape index (κ3) is 4.70. The van der Waals surface area contributed by atoms with Gasteiger partial charge in [0.1, 0.15) is 18.1 Å². The van der Waals surface area contributed by atoms with E-state index in [1.807, 2.05) is 18.2 Å². The highest BCUT2D eigenvalue weighted by molar-refractivity contribution is 6.31. The molecule has 30 heavy (non-hydrogen) atoms. The lowest BCUT2D eigenvalue weighted by molar-refractivity contribution is 0.0473. The first-order chi connectivity index (χ1) is 14.7. The van der Waals surface area contributed by atoms with Crippen molar-refractivity contribution in [3.05, 3.63) is 82.6 Å². The van der Waals surface area contributed by atoms with Crippen LogP contribution in [0.25, 0.3) is 11.3 Å². The molecule has 0 bridgehead atoms. The molecule has 10 heteroatoms. The number of carbonyl (C=O) groups excluding carboxylic acids is 1. The number of anilines is 1. The summed E-state index contributed by atoms with van der Waals surface area (Å²) < 4.78 is 11.1. The maximum absolute atomic E-state index is 12.3. The molecule has 0 aliphatic carbocycles. The van der Waals surface area contributed by atoms with E-state index in [0.717, 1.165) is 11.1 Å². The number of rotatable bonds is 7. The fourth-order valence-electron chi connectivity index (χ4n) is 2.55. The van der Waals surface area contributed by atoms with Gasteiger partial charge in [-0.3, -0.25) is 0 Å². The Hall–Kier alpha value is -3.98. The standard InChI is InChI=1S/C20H15ClN6O3/c21-17-4-2-1-3-15(17)12-29-19(28)14-7-5-13(6-8-14)18-10-9-16(30-18)11-22-23-20-24-26-27-25-20/h1-11H,12H2,(H2,23,24,25,26,27)/b22-11+. The fourth-order valence-corrected chi connectivity index (χ4v) is 2.74. The van der Waals surface area contributed by atoms with Gasteiger partial charge in [-0.2, -0.15) is 10.3 Å². The topological polar surface area (TPSA) is 118 Å². The Morgan fingerprint density at radius 3 is 2.77 bits per heavy atom. The SMILES string of the molecule is O=C(OCc1ccccc1Cl)c1ccc(-c2ccc(/C=N/Nc3nn[nH]n3)o2)cc1. The van der Waals surface area contributed by atoms with E-state index >= 15 is 0 Å². The van der Waals surface area contributed by atoms with E-state index in [2.05, 4.69) is 31.2 Å². The molecule has 0 atom stereocenters. The van der Waals surface area contributed by atoms with Crippen molar-refractivity contribution in [2.24, 2.45) is 5.10 Å². The van der Waals surface area contributed by atoms with E-state index in [1.54, 1.807) is 42.5 Å². The first-order valence-electron chi connectivity index (χ1n) is 8.82. The molecule has 0 fully saturated rings. The van der Waals surface area contributed by atoms with Crippen LogP contribution in [0.15, 0.2) is 70.2 Å². The monoisotopic (exact) mass is 422 g/mol. The van der Waals surface area contributed by atoms with E-state index in [9.17, 15) is 4.79 Å². The number of ether oxygens (including phenoxy) is 1. The molecule has 0 spiro atoms. The zero-order valence-corrected chi connectivity index (χ0v) is 16.2. The summed E-state index contributed by atoms with van der Waals surface area (Å²) in [5, 5.41) is 17.6. The molecule has 0 radical (unpaired) electrons. The maximum atomic E-state index is 12.3. The minimum Gasteiger partial charge on any atom is -0.457 e. The number of aromatic amines is 1. The summed E-state index contributed by atoms with van der Waals surface area (Å²) >= 11 is 6.08. The summed E-state index contributed by atoms with van der Waals surface area (Å²) in [5.74, 6) is 0.979. The minimum absolute atomic E-state index is 0.110. The van der Waals surface area contributed by atoms with Crippen LogP contribution in [0.4, 0.5) is 5.95 Å². The number of hydrogen-bond donors (Lipinski definition) is 2. The number of hydrazone groups is 1. The normalized spacial score (nSPS) is 11.0. The van der Waals surface area contributed by atoms with Crippen molar-refractivity contribution in [1.29, 1.82) is 0 Å². The van der Waals surface area contributed by atoms with E-state index < -0.39 is 5.97 Å². The molecule has 0 aliphatic heterocycles. The smallest absolute Gasteiger partial charge is 0.338 e. The van der Waals surface area contributed by atoms with E-state index in [1.165, 1.54) is 6.21 Å². The molecule has 4 aromatic rings. The first-order valence-corrected chi connectivity index (χ1v) is 9.20. The summed E-state index contributed by atoms with van der Waals surface area (Å²) in [6, 6.07) is 17.7. The Labute approximate surface area is 175 Å². The molecule has 150 valence electrons. The number of benzene rings is 2. The molecule has 2 N–H and O–H groups in total. The third-order valence-corrected chi connectivity index (χ3v) is 4.42. The highest BCUT2D eigenvalue weighted by Gasteiger charge is 2.10. The fraction of sp³-hybridized carbons (Fsp3) is 0.0500. The molecule has 0 saturated heterocycles. The third-order valence-electron chi connectivity index (χ3n) is 4.05. The molecular weight excluding hydrogens is 408 g/mol. The summed E-state index contributed by atoms with van der Waals surface area (Å²) in [6.07, 6.45) is 1.49. The second-order valence-corrected chi connectivity index (χ2v) is 6.46. The molecule has 4 rings (SSSR count). The number of hydrogen-bond acceptors (Lipinski definition) is 8. The lowest BCUT2D eigenvalue weighted by Gasteiger charge is -2.07. The predicted molar refractivity (Wildman–Crippen MR) is 110 cm³/mol. The molecular formula is C20H15ClN6O3. The minimum atomic E-state index is -0.429. The second kappa shape index (κ2) is 9.01. The number of carbonyl (C=O) groups is 1. The zero-order chi connectivity index (χ0) is 20.8. The van der Waals surface area contributed by atoms with Gasteiger partial charge < -0.3 is 9.15 Å². The average molecular weight is 423 g/mol. The molecule has 0 amide bonds. The van der Waals surface area contributed by atoms with Gasteiger partial charge in [-0.15, -0.1) is 5.10 Å². The van der Waals surface area contributed by atoms with Gasteiger partial charge in [0.05, 0.1) is 11.8 Å². The number of tetrazole rings is 1. The van der Waals surface area contributed by atoms with Gasteiger partial charge in [-0.25, -0.2) is 10.2 Å². The van der Waals surface area contributed by atoms with E-state index in [4.69, 9.17) is 20.8 Å². The number of halogens is 1. The predicted octanol–water partition coefficient (Wildman–Crippen LogP) is 3.92. The number of esters is 1. The van der Waals surface area contributed by atoms with Crippen LogP contribution in [0.2, 0.25) is 5.02 Å².